The van der Waals surface area contributed by atoms with Crippen LogP contribution >= 0.6 is 0 Å². The Morgan fingerprint density at radius 3 is 2.30 bits per heavy atom. The maximum atomic E-state index is 11.6. The van der Waals surface area contributed by atoms with Gasteiger partial charge in [0.2, 0.25) is 0 Å². The third-order valence-corrected chi connectivity index (χ3v) is 11.2. The van der Waals surface area contributed by atoms with E-state index < -0.39 is 5.60 Å². The third-order valence-electron chi connectivity index (χ3n) is 11.2. The van der Waals surface area contributed by atoms with E-state index in [0.717, 1.165) is 37.0 Å². The summed E-state index contributed by atoms with van der Waals surface area (Å²) in [6.45, 7) is 14.2. The molecule has 4 unspecified atom stereocenters. The van der Waals surface area contributed by atoms with Crippen LogP contribution in [0, 0.1) is 52.3 Å². The van der Waals surface area contributed by atoms with E-state index in [1.807, 2.05) is 0 Å². The molecule has 4 rings (SSSR count). The van der Waals surface area contributed by atoms with Crippen LogP contribution in [0.4, 0.5) is 0 Å². The molecular formula is C28H50O2. The Labute approximate surface area is 186 Å². The van der Waals surface area contributed by atoms with Gasteiger partial charge < -0.3 is 10.2 Å². The van der Waals surface area contributed by atoms with E-state index in [0.29, 0.717) is 29.1 Å². The number of rotatable bonds is 5. The molecule has 4 fully saturated rings. The van der Waals surface area contributed by atoms with Crippen LogP contribution in [0.5, 0.6) is 0 Å². The molecule has 30 heavy (non-hydrogen) atoms. The second kappa shape index (κ2) is 8.05. The molecule has 2 heteroatoms. The van der Waals surface area contributed by atoms with Crippen molar-refractivity contribution in [3.8, 4) is 0 Å². The van der Waals surface area contributed by atoms with Gasteiger partial charge in [-0.3, -0.25) is 0 Å². The van der Waals surface area contributed by atoms with E-state index in [1.165, 1.54) is 51.4 Å². The fourth-order valence-corrected chi connectivity index (χ4v) is 9.56. The predicted octanol–water partition coefficient (Wildman–Crippen LogP) is 6.83. The van der Waals surface area contributed by atoms with Gasteiger partial charge in [-0.15, -0.1) is 0 Å². The van der Waals surface area contributed by atoms with Crippen LogP contribution in [-0.4, -0.2) is 21.9 Å². The second-order valence-corrected chi connectivity index (χ2v) is 13.5. The van der Waals surface area contributed by atoms with Gasteiger partial charge in [0.25, 0.3) is 0 Å². The van der Waals surface area contributed by atoms with Gasteiger partial charge in [-0.05, 0) is 111 Å². The van der Waals surface area contributed by atoms with Crippen molar-refractivity contribution < 1.29 is 10.2 Å². The average molecular weight is 419 g/mol. The lowest BCUT2D eigenvalue weighted by Crippen LogP contribution is -2.58. The smallest absolute Gasteiger partial charge is 0.0653 e. The number of hydrogen-bond acceptors (Lipinski definition) is 2. The van der Waals surface area contributed by atoms with Gasteiger partial charge in [0, 0.05) is 0 Å². The Morgan fingerprint density at radius 2 is 1.60 bits per heavy atom. The standard InChI is InChI=1S/C28H50O2/c1-18(2)8-7-13-28(6,30)25-10-9-21-20-17-24(29)23-16-19(3)11-14-26(23,4)22(20)12-15-27(21,25)5/h18-25,29-30H,7-17H2,1-6H3/t19-,20?,21?,22?,23+,24-,25?,26+,27-,28-/m0/s1. The lowest BCUT2D eigenvalue weighted by Gasteiger charge is -2.62. The van der Waals surface area contributed by atoms with Crippen LogP contribution in [0.15, 0.2) is 0 Å². The number of fused-ring (bicyclic) bond motifs is 5. The van der Waals surface area contributed by atoms with Crippen molar-refractivity contribution in [2.75, 3.05) is 0 Å². The summed E-state index contributed by atoms with van der Waals surface area (Å²) in [5.41, 5.74) is 0.0621. The van der Waals surface area contributed by atoms with Gasteiger partial charge in [-0.2, -0.15) is 0 Å². The van der Waals surface area contributed by atoms with Crippen LogP contribution in [-0.2, 0) is 0 Å². The summed E-state index contributed by atoms with van der Waals surface area (Å²) in [5, 5.41) is 22.9. The van der Waals surface area contributed by atoms with Crippen molar-refractivity contribution in [1.29, 1.82) is 0 Å². The molecule has 2 N–H and O–H groups in total. The van der Waals surface area contributed by atoms with E-state index in [-0.39, 0.29) is 11.5 Å². The van der Waals surface area contributed by atoms with E-state index >= 15 is 0 Å². The average Bonchev–Trinajstić information content (AvgIpc) is 3.01. The topological polar surface area (TPSA) is 40.5 Å². The molecule has 10 atom stereocenters. The van der Waals surface area contributed by atoms with Crippen molar-refractivity contribution in [1.82, 2.24) is 0 Å². The van der Waals surface area contributed by atoms with E-state index in [2.05, 4.69) is 41.5 Å². The Morgan fingerprint density at radius 1 is 0.933 bits per heavy atom. The normalized spacial score (nSPS) is 50.5. The summed E-state index contributed by atoms with van der Waals surface area (Å²) < 4.78 is 0. The first-order valence-electron chi connectivity index (χ1n) is 13.4. The third kappa shape index (κ3) is 3.70. The van der Waals surface area contributed by atoms with Crippen LogP contribution in [0.1, 0.15) is 112 Å². The first-order valence-corrected chi connectivity index (χ1v) is 13.4. The van der Waals surface area contributed by atoms with Crippen LogP contribution in [0.3, 0.4) is 0 Å². The monoisotopic (exact) mass is 418 g/mol. The highest BCUT2D eigenvalue weighted by atomic mass is 16.3. The lowest BCUT2D eigenvalue weighted by atomic mass is 9.43. The van der Waals surface area contributed by atoms with Crippen LogP contribution < -0.4 is 0 Å². The summed E-state index contributed by atoms with van der Waals surface area (Å²) in [5.74, 6) is 4.61. The highest BCUT2D eigenvalue weighted by Gasteiger charge is 2.63. The van der Waals surface area contributed by atoms with Gasteiger partial charge >= 0.3 is 0 Å². The molecule has 0 amide bonds. The molecule has 0 aliphatic heterocycles. The summed E-state index contributed by atoms with van der Waals surface area (Å²) in [6.07, 6.45) is 13.2. The molecule has 0 heterocycles. The molecular weight excluding hydrogens is 368 g/mol. The number of aliphatic hydroxyl groups excluding tert-OH is 1. The van der Waals surface area contributed by atoms with Crippen molar-refractivity contribution in [2.45, 2.75) is 124 Å². The zero-order valence-electron chi connectivity index (χ0n) is 20.8. The van der Waals surface area contributed by atoms with Crippen molar-refractivity contribution in [2.24, 2.45) is 52.3 Å². The SMILES string of the molecule is CC(C)CCC[C@](C)(O)C1CCC2C3C[C@H](O)[C@H]4C[C@@H](C)CC[C@]4(C)C3CC[C@@]21C. The van der Waals surface area contributed by atoms with Crippen LogP contribution in [0.25, 0.3) is 0 Å². The Bertz CT molecular complexity index is 612. The van der Waals surface area contributed by atoms with Gasteiger partial charge in [-0.25, -0.2) is 0 Å². The fourth-order valence-electron chi connectivity index (χ4n) is 9.56. The molecule has 4 aliphatic carbocycles. The summed E-state index contributed by atoms with van der Waals surface area (Å²) in [6, 6.07) is 0. The number of hydrogen-bond donors (Lipinski definition) is 2. The quantitative estimate of drug-likeness (QED) is 0.513. The fraction of sp³-hybridized carbons (Fsp3) is 1.00. The Hall–Kier alpha value is -0.0800. The van der Waals surface area contributed by atoms with Crippen molar-refractivity contribution in [3.63, 3.8) is 0 Å². The first-order chi connectivity index (χ1) is 14.0. The van der Waals surface area contributed by atoms with E-state index in [1.54, 1.807) is 0 Å². The maximum Gasteiger partial charge on any atom is 0.0653 e. The molecule has 0 aromatic carbocycles. The minimum atomic E-state index is -0.536. The molecule has 0 saturated heterocycles. The van der Waals surface area contributed by atoms with E-state index in [4.69, 9.17) is 0 Å². The molecule has 0 aromatic heterocycles. The first kappa shape index (κ1) is 23.1. The van der Waals surface area contributed by atoms with Gasteiger partial charge in [0.05, 0.1) is 11.7 Å². The molecule has 0 aromatic rings. The van der Waals surface area contributed by atoms with Gasteiger partial charge in [0.1, 0.15) is 0 Å². The minimum Gasteiger partial charge on any atom is -0.393 e. The lowest BCUT2D eigenvalue weighted by molar-refractivity contribution is -0.173. The second-order valence-electron chi connectivity index (χ2n) is 13.5. The zero-order valence-corrected chi connectivity index (χ0v) is 20.8. The highest BCUT2D eigenvalue weighted by Crippen LogP contribution is 2.69. The maximum absolute atomic E-state index is 11.6. The van der Waals surface area contributed by atoms with Crippen LogP contribution in [0.2, 0.25) is 0 Å². The highest BCUT2D eigenvalue weighted by molar-refractivity contribution is 5.12. The minimum absolute atomic E-state index is 0.105. The zero-order chi connectivity index (χ0) is 21.9. The molecule has 174 valence electrons. The number of aliphatic hydroxyl groups is 2. The van der Waals surface area contributed by atoms with Crippen molar-refractivity contribution in [3.05, 3.63) is 0 Å². The molecule has 4 aliphatic rings. The molecule has 4 saturated carbocycles. The summed E-state index contributed by atoms with van der Waals surface area (Å²) in [4.78, 5) is 0. The Balaban J connectivity index is 1.53. The molecule has 2 nitrogen and oxygen atoms in total. The van der Waals surface area contributed by atoms with E-state index in [9.17, 15) is 10.2 Å². The predicted molar refractivity (Wildman–Crippen MR) is 125 cm³/mol. The van der Waals surface area contributed by atoms with Gasteiger partial charge in [-0.1, -0.05) is 53.9 Å². The van der Waals surface area contributed by atoms with Crippen molar-refractivity contribution >= 4 is 0 Å². The summed E-state index contributed by atoms with van der Waals surface area (Å²) >= 11 is 0. The Kier molecular flexibility index (Phi) is 6.20. The molecule has 0 bridgehead atoms. The largest absolute Gasteiger partial charge is 0.393 e. The molecule has 0 spiro atoms. The van der Waals surface area contributed by atoms with Gasteiger partial charge in [0.15, 0.2) is 0 Å². The summed E-state index contributed by atoms with van der Waals surface area (Å²) in [7, 11) is 0. The molecule has 0 radical (unpaired) electrons.